The maximum atomic E-state index is 14.8. The Bertz CT molecular complexity index is 1330. The molecule has 2 atom stereocenters. The van der Waals surface area contributed by atoms with Gasteiger partial charge in [0.15, 0.2) is 0 Å². The van der Waals surface area contributed by atoms with Crippen LogP contribution in [0.15, 0.2) is 46.9 Å². The van der Waals surface area contributed by atoms with Crippen LogP contribution in [0.2, 0.25) is 0 Å². The van der Waals surface area contributed by atoms with E-state index in [1.54, 1.807) is 0 Å². The van der Waals surface area contributed by atoms with Crippen molar-refractivity contribution in [2.75, 3.05) is 11.4 Å². The van der Waals surface area contributed by atoms with Gasteiger partial charge in [0.1, 0.15) is 34.7 Å². The molecule has 0 spiro atoms. The summed E-state index contributed by atoms with van der Waals surface area (Å²) in [7, 11) is 0. The summed E-state index contributed by atoms with van der Waals surface area (Å²) in [6, 6.07) is -0.696. The van der Waals surface area contributed by atoms with Crippen molar-refractivity contribution in [2.45, 2.75) is 57.3 Å². The van der Waals surface area contributed by atoms with Crippen molar-refractivity contribution in [3.05, 3.63) is 57.9 Å². The molecule has 1 N–H and O–H groups in total. The van der Waals surface area contributed by atoms with E-state index < -0.39 is 53.2 Å². The maximum absolute atomic E-state index is 14.8. The van der Waals surface area contributed by atoms with Crippen LogP contribution in [0.1, 0.15) is 55.4 Å². The van der Waals surface area contributed by atoms with E-state index in [9.17, 15) is 36.3 Å². The van der Waals surface area contributed by atoms with E-state index in [1.807, 2.05) is 5.32 Å². The number of nitrogens with zero attached hydrogens (tertiary/aromatic N) is 3. The van der Waals surface area contributed by atoms with E-state index in [-0.39, 0.29) is 29.2 Å². The van der Waals surface area contributed by atoms with E-state index in [4.69, 9.17) is 0 Å². The number of fused-ring (bicyclic) bond motifs is 1. The highest BCUT2D eigenvalue weighted by Gasteiger charge is 2.40. The van der Waals surface area contributed by atoms with Crippen LogP contribution in [0.4, 0.5) is 27.8 Å². The normalized spacial score (nSPS) is 19.7. The number of aromatic nitrogens is 2. The monoisotopic (exact) mass is 510 g/mol. The molecule has 7 nitrogen and oxygen atoms in total. The largest absolute Gasteiger partial charge is 0.408 e. The molecule has 2 unspecified atom stereocenters. The van der Waals surface area contributed by atoms with Gasteiger partial charge < -0.3 is 9.88 Å². The topological polar surface area (TPSA) is 84.3 Å². The Kier molecular flexibility index (Phi) is 6.96. The molecule has 4 rings (SSSR count). The quantitative estimate of drug-likeness (QED) is 0.595. The van der Waals surface area contributed by atoms with Gasteiger partial charge in [-0.15, -0.1) is 0 Å². The Morgan fingerprint density at radius 1 is 1.22 bits per heavy atom. The van der Waals surface area contributed by atoms with Crippen LogP contribution in [0.3, 0.4) is 0 Å². The van der Waals surface area contributed by atoms with E-state index in [2.05, 4.69) is 4.98 Å². The van der Waals surface area contributed by atoms with Gasteiger partial charge >= 0.3 is 6.18 Å². The molecular weight excluding hydrogens is 487 g/mol. The lowest BCUT2D eigenvalue weighted by Crippen LogP contribution is -2.46. The smallest absolute Gasteiger partial charge is 0.340 e. The summed E-state index contributed by atoms with van der Waals surface area (Å²) in [6.07, 6.45) is -0.937. The van der Waals surface area contributed by atoms with E-state index >= 15 is 0 Å². The number of anilines is 1. The molecule has 1 aliphatic carbocycles. The lowest BCUT2D eigenvalue weighted by molar-refractivity contribution is -0.153. The molecule has 2 aromatic rings. The fourth-order valence-corrected chi connectivity index (χ4v) is 4.34. The summed E-state index contributed by atoms with van der Waals surface area (Å²) in [4.78, 5) is 44.1. The number of carbonyl (C=O) groups is 2. The van der Waals surface area contributed by atoms with Gasteiger partial charge in [0, 0.05) is 25.2 Å². The predicted molar refractivity (Wildman–Crippen MR) is 122 cm³/mol. The van der Waals surface area contributed by atoms with Gasteiger partial charge in [-0.25, -0.2) is 13.8 Å². The van der Waals surface area contributed by atoms with Gasteiger partial charge in [0.25, 0.3) is 5.91 Å². The van der Waals surface area contributed by atoms with Crippen molar-refractivity contribution in [3.63, 3.8) is 0 Å². The van der Waals surface area contributed by atoms with Gasteiger partial charge in [-0.1, -0.05) is 6.92 Å². The van der Waals surface area contributed by atoms with Crippen LogP contribution in [-0.2, 0) is 4.79 Å². The zero-order chi connectivity index (χ0) is 26.2. The number of nitrogens with one attached hydrogen (secondary N) is 1. The lowest BCUT2D eigenvalue weighted by atomic mass is 10.0. The lowest BCUT2D eigenvalue weighted by Gasteiger charge is -2.27. The molecule has 0 aromatic carbocycles. The summed E-state index contributed by atoms with van der Waals surface area (Å²) in [5, 5.41) is 1.66. The zero-order valence-electron chi connectivity index (χ0n) is 19.2. The third-order valence-corrected chi connectivity index (χ3v) is 6.28. The van der Waals surface area contributed by atoms with Crippen molar-refractivity contribution >= 4 is 28.7 Å². The molecule has 12 heteroatoms. The molecule has 0 radical (unpaired) electrons. The molecule has 0 saturated carbocycles. The average Bonchev–Trinajstić information content (AvgIpc) is 2.82. The fourth-order valence-electron chi connectivity index (χ4n) is 4.34. The molecule has 2 amide bonds. The number of carbonyl (C=O) groups excluding carboxylic acids is 2. The van der Waals surface area contributed by atoms with Crippen molar-refractivity contribution in [2.24, 2.45) is 0 Å². The number of amides is 2. The number of alkyl halides is 3. The van der Waals surface area contributed by atoms with Gasteiger partial charge in [-0.3, -0.25) is 19.3 Å². The van der Waals surface area contributed by atoms with Gasteiger partial charge in [-0.2, -0.15) is 13.2 Å². The number of hydrogen-bond donors (Lipinski definition) is 1. The van der Waals surface area contributed by atoms with Gasteiger partial charge in [-0.05, 0) is 43.9 Å². The van der Waals surface area contributed by atoms with E-state index in [1.165, 1.54) is 24.0 Å². The first-order valence-corrected chi connectivity index (χ1v) is 11.5. The maximum Gasteiger partial charge on any atom is 0.408 e. The molecular formula is C24H23F5N4O3. The SMILES string of the molecule is CCC(NC(=O)c1cn(C2CC=C(F)C=C2F)c2nc(N3CCCCC3=O)ccc2c1=O)C(F)(F)F. The van der Waals surface area contributed by atoms with Crippen molar-refractivity contribution in [3.8, 4) is 0 Å². The van der Waals surface area contributed by atoms with Crippen molar-refractivity contribution in [1.29, 1.82) is 0 Å². The minimum absolute atomic E-state index is 0.0838. The number of allylic oxidation sites excluding steroid dienone is 4. The summed E-state index contributed by atoms with van der Waals surface area (Å²) in [5.41, 5.74) is -1.63. The van der Waals surface area contributed by atoms with Crippen LogP contribution in [0.25, 0.3) is 11.0 Å². The first-order chi connectivity index (χ1) is 17.0. The summed E-state index contributed by atoms with van der Waals surface area (Å²) >= 11 is 0. The number of pyridine rings is 2. The molecule has 0 bridgehead atoms. The molecule has 2 aromatic heterocycles. The van der Waals surface area contributed by atoms with Crippen molar-refractivity contribution < 1.29 is 31.5 Å². The second kappa shape index (κ2) is 9.82. The number of hydrogen-bond acceptors (Lipinski definition) is 4. The highest BCUT2D eigenvalue weighted by atomic mass is 19.4. The molecule has 1 saturated heterocycles. The Morgan fingerprint density at radius 2 is 1.97 bits per heavy atom. The summed E-state index contributed by atoms with van der Waals surface area (Å²) < 4.78 is 69.2. The third kappa shape index (κ3) is 4.89. The van der Waals surface area contributed by atoms with Gasteiger partial charge in [0.05, 0.1) is 11.4 Å². The standard InChI is InChI=1S/C24H23F5N4O3/c1-2-18(24(27,28)29)30-23(36)15-12-33(17-8-6-13(25)11-16(17)26)22-14(21(15)35)7-9-19(31-22)32-10-4-3-5-20(32)34/h6-7,9,11-12,17-18H,2-5,8,10H2,1H3,(H,30,36). The molecule has 192 valence electrons. The van der Waals surface area contributed by atoms with Crippen LogP contribution in [0, 0.1) is 0 Å². The van der Waals surface area contributed by atoms with Crippen LogP contribution >= 0.6 is 0 Å². The van der Waals surface area contributed by atoms with Crippen LogP contribution in [0.5, 0.6) is 0 Å². The molecule has 1 fully saturated rings. The number of piperidine rings is 1. The first-order valence-electron chi connectivity index (χ1n) is 11.5. The van der Waals surface area contributed by atoms with E-state index in [0.717, 1.165) is 29.7 Å². The van der Waals surface area contributed by atoms with Crippen LogP contribution in [-0.4, -0.2) is 40.1 Å². The van der Waals surface area contributed by atoms with E-state index in [0.29, 0.717) is 19.0 Å². The molecule has 2 aliphatic rings. The summed E-state index contributed by atoms with van der Waals surface area (Å²) in [5.74, 6) is -2.98. The molecule has 36 heavy (non-hydrogen) atoms. The Hall–Kier alpha value is -3.57. The highest BCUT2D eigenvalue weighted by molar-refractivity contribution is 5.98. The Labute approximate surface area is 202 Å². The summed E-state index contributed by atoms with van der Waals surface area (Å²) in [6.45, 7) is 1.62. The first kappa shape index (κ1) is 25.5. The van der Waals surface area contributed by atoms with Gasteiger partial charge in [0.2, 0.25) is 11.3 Å². The Morgan fingerprint density at radius 3 is 2.61 bits per heavy atom. The highest BCUT2D eigenvalue weighted by Crippen LogP contribution is 2.33. The second-order valence-electron chi connectivity index (χ2n) is 8.67. The minimum Gasteiger partial charge on any atom is -0.340 e. The Balaban J connectivity index is 1.87. The predicted octanol–water partition coefficient (Wildman–Crippen LogP) is 4.64. The second-order valence-corrected chi connectivity index (χ2v) is 8.67. The third-order valence-electron chi connectivity index (χ3n) is 6.28. The molecule has 1 aliphatic heterocycles. The fraction of sp³-hybridized carbons (Fsp3) is 0.417. The number of rotatable bonds is 5. The minimum atomic E-state index is -4.74. The van der Waals surface area contributed by atoms with Crippen LogP contribution < -0.4 is 15.6 Å². The molecule has 3 heterocycles. The zero-order valence-corrected chi connectivity index (χ0v) is 19.2. The average molecular weight is 510 g/mol. The number of halogens is 5. The van der Waals surface area contributed by atoms with Crippen molar-refractivity contribution in [1.82, 2.24) is 14.9 Å².